The van der Waals surface area contributed by atoms with Crippen LogP contribution in [0.5, 0.6) is 0 Å². The molecule has 0 fully saturated rings. The number of carbonyl (C=O) groups is 1. The van der Waals surface area contributed by atoms with Crippen molar-refractivity contribution in [3.8, 4) is 0 Å². The van der Waals surface area contributed by atoms with Crippen LogP contribution in [-0.2, 0) is 6.54 Å². The van der Waals surface area contributed by atoms with Crippen LogP contribution in [0, 0.1) is 5.82 Å². The van der Waals surface area contributed by atoms with Gasteiger partial charge in [0.2, 0.25) is 0 Å². The Bertz CT molecular complexity index is 632. The van der Waals surface area contributed by atoms with Gasteiger partial charge in [0.05, 0.1) is 12.2 Å². The maximum Gasteiger partial charge on any atom is 0.319 e. The van der Waals surface area contributed by atoms with E-state index >= 15 is 0 Å². The molecule has 8 heteroatoms. The molecular weight excluding hydrogens is 311 g/mol. The van der Waals surface area contributed by atoms with Gasteiger partial charge in [-0.05, 0) is 24.5 Å². The molecule has 2 amide bonds. The van der Waals surface area contributed by atoms with Crippen molar-refractivity contribution < 1.29 is 9.18 Å². The molecule has 0 unspecified atom stereocenters. The van der Waals surface area contributed by atoms with E-state index < -0.39 is 6.03 Å². The molecule has 0 bridgehead atoms. The number of thiazole rings is 1. The van der Waals surface area contributed by atoms with Crippen LogP contribution in [0.1, 0.15) is 5.69 Å². The number of halogens is 1. The van der Waals surface area contributed by atoms with Gasteiger partial charge < -0.3 is 16.0 Å². The van der Waals surface area contributed by atoms with Gasteiger partial charge in [-0.2, -0.15) is 0 Å². The van der Waals surface area contributed by atoms with E-state index in [1.54, 1.807) is 25.4 Å². The summed E-state index contributed by atoms with van der Waals surface area (Å²) >= 11 is 2.78. The number of urea groups is 1. The third kappa shape index (κ3) is 4.33. The molecule has 0 saturated carbocycles. The van der Waals surface area contributed by atoms with Crippen LogP contribution in [0.15, 0.2) is 28.5 Å². The van der Waals surface area contributed by atoms with E-state index in [-0.39, 0.29) is 5.82 Å². The molecule has 5 nitrogen and oxygen atoms in total. The average Bonchev–Trinajstić information content (AvgIpc) is 2.93. The fourth-order valence-electron chi connectivity index (χ4n) is 1.59. The lowest BCUT2D eigenvalue weighted by atomic mass is 10.3. The lowest BCUT2D eigenvalue weighted by molar-refractivity contribution is 0.251. The van der Waals surface area contributed by atoms with Crippen molar-refractivity contribution >= 4 is 39.9 Å². The zero-order valence-electron chi connectivity index (χ0n) is 11.6. The quantitative estimate of drug-likeness (QED) is 0.737. The number of thioether (sulfide) groups is 1. The van der Waals surface area contributed by atoms with Crippen LogP contribution in [0.4, 0.5) is 20.0 Å². The lowest BCUT2D eigenvalue weighted by Gasteiger charge is -2.07. The Morgan fingerprint density at radius 1 is 1.48 bits per heavy atom. The van der Waals surface area contributed by atoms with E-state index in [2.05, 4.69) is 20.9 Å². The minimum Gasteiger partial charge on any atom is -0.365 e. The Balaban J connectivity index is 1.88. The smallest absolute Gasteiger partial charge is 0.319 e. The van der Waals surface area contributed by atoms with Crippen LogP contribution < -0.4 is 16.0 Å². The molecule has 0 aliphatic heterocycles. The molecule has 1 aromatic heterocycles. The van der Waals surface area contributed by atoms with Gasteiger partial charge >= 0.3 is 6.03 Å². The van der Waals surface area contributed by atoms with E-state index in [4.69, 9.17) is 0 Å². The largest absolute Gasteiger partial charge is 0.365 e. The Labute approximate surface area is 130 Å². The molecular formula is C13H15FN4OS2. The summed E-state index contributed by atoms with van der Waals surface area (Å²) < 4.78 is 13.6. The fraction of sp³-hybridized carbons (Fsp3) is 0.231. The highest BCUT2D eigenvalue weighted by Crippen LogP contribution is 2.22. The number of rotatable bonds is 5. The van der Waals surface area contributed by atoms with Crippen molar-refractivity contribution in [3.63, 3.8) is 0 Å². The normalized spacial score (nSPS) is 10.2. The molecule has 0 aliphatic carbocycles. The Morgan fingerprint density at radius 3 is 2.90 bits per heavy atom. The number of amides is 2. The van der Waals surface area contributed by atoms with Gasteiger partial charge in [0, 0.05) is 23.0 Å². The van der Waals surface area contributed by atoms with E-state index in [0.717, 1.165) is 10.8 Å². The number of nitrogens with zero attached hydrogens (tertiary/aromatic N) is 1. The Hall–Kier alpha value is -1.80. The number of carbonyl (C=O) groups excluding carboxylic acids is 1. The highest BCUT2D eigenvalue weighted by atomic mass is 32.2. The standard InChI is InChI=1S/C13H15FN4OS2/c1-15-13-18-9(7-21-13)6-16-12(19)17-8-3-4-11(20-2)10(14)5-8/h3-5,7H,6H2,1-2H3,(H,15,18)(H2,16,17,19). The molecule has 0 spiro atoms. The molecule has 0 radical (unpaired) electrons. The van der Waals surface area contributed by atoms with Crippen molar-refractivity contribution in [2.24, 2.45) is 0 Å². The first-order chi connectivity index (χ1) is 10.1. The van der Waals surface area contributed by atoms with Gasteiger partial charge in [-0.15, -0.1) is 23.1 Å². The van der Waals surface area contributed by atoms with Crippen LogP contribution in [0.3, 0.4) is 0 Å². The number of nitrogens with one attached hydrogen (secondary N) is 3. The van der Waals surface area contributed by atoms with Crippen molar-refractivity contribution in [2.45, 2.75) is 11.4 Å². The highest BCUT2D eigenvalue weighted by molar-refractivity contribution is 7.98. The molecule has 0 aliphatic rings. The first-order valence-corrected chi connectivity index (χ1v) is 8.23. The van der Waals surface area contributed by atoms with Crippen LogP contribution in [0.25, 0.3) is 0 Å². The average molecular weight is 326 g/mol. The van der Waals surface area contributed by atoms with Gasteiger partial charge in [-0.3, -0.25) is 0 Å². The third-order valence-electron chi connectivity index (χ3n) is 2.61. The second-order valence-corrected chi connectivity index (χ2v) is 5.76. The van der Waals surface area contributed by atoms with Gasteiger partial charge in [-0.1, -0.05) is 0 Å². The maximum atomic E-state index is 13.6. The second kappa shape index (κ2) is 7.28. The maximum absolute atomic E-state index is 13.6. The predicted octanol–water partition coefficient (Wildman–Crippen LogP) is 3.37. The molecule has 1 heterocycles. The summed E-state index contributed by atoms with van der Waals surface area (Å²) in [7, 11) is 1.79. The lowest BCUT2D eigenvalue weighted by Crippen LogP contribution is -2.28. The number of aromatic nitrogens is 1. The van der Waals surface area contributed by atoms with E-state index in [0.29, 0.717) is 17.1 Å². The molecule has 3 N–H and O–H groups in total. The Morgan fingerprint density at radius 2 is 2.29 bits per heavy atom. The first kappa shape index (κ1) is 15.6. The Kier molecular flexibility index (Phi) is 5.40. The number of benzene rings is 1. The van der Waals surface area contributed by atoms with Crippen molar-refractivity contribution in [1.82, 2.24) is 10.3 Å². The van der Waals surface area contributed by atoms with Crippen molar-refractivity contribution in [3.05, 3.63) is 35.1 Å². The molecule has 1 aromatic carbocycles. The van der Waals surface area contributed by atoms with Gasteiger partial charge in [0.1, 0.15) is 5.82 Å². The molecule has 21 heavy (non-hydrogen) atoms. The SMILES string of the molecule is CNc1nc(CNC(=O)Nc2ccc(SC)c(F)c2)cs1. The summed E-state index contributed by atoms with van der Waals surface area (Å²) in [5.41, 5.74) is 1.18. The van der Waals surface area contributed by atoms with Gasteiger partial charge in [0.15, 0.2) is 5.13 Å². The van der Waals surface area contributed by atoms with Gasteiger partial charge in [-0.25, -0.2) is 14.2 Å². The van der Waals surface area contributed by atoms with E-state index in [1.807, 2.05) is 5.38 Å². The van der Waals surface area contributed by atoms with Crippen molar-refractivity contribution in [2.75, 3.05) is 23.9 Å². The van der Waals surface area contributed by atoms with Gasteiger partial charge in [0.25, 0.3) is 0 Å². The minimum atomic E-state index is -0.398. The first-order valence-electron chi connectivity index (χ1n) is 6.13. The summed E-state index contributed by atoms with van der Waals surface area (Å²) in [6.07, 6.45) is 1.80. The zero-order chi connectivity index (χ0) is 15.2. The van der Waals surface area contributed by atoms with Crippen LogP contribution >= 0.6 is 23.1 Å². The molecule has 2 aromatic rings. The number of anilines is 2. The van der Waals surface area contributed by atoms with E-state index in [1.165, 1.54) is 29.2 Å². The van der Waals surface area contributed by atoms with Crippen LogP contribution in [0.2, 0.25) is 0 Å². The summed E-state index contributed by atoms with van der Waals surface area (Å²) in [5, 5.41) is 10.8. The summed E-state index contributed by atoms with van der Waals surface area (Å²) in [6.45, 7) is 0.315. The molecule has 0 atom stereocenters. The number of hydrogen-bond donors (Lipinski definition) is 3. The molecule has 2 rings (SSSR count). The van der Waals surface area contributed by atoms with E-state index in [9.17, 15) is 9.18 Å². The summed E-state index contributed by atoms with van der Waals surface area (Å²) in [5.74, 6) is -0.349. The molecule has 0 saturated heterocycles. The topological polar surface area (TPSA) is 66.0 Å². The highest BCUT2D eigenvalue weighted by Gasteiger charge is 2.07. The monoisotopic (exact) mass is 326 g/mol. The molecule has 112 valence electrons. The second-order valence-electron chi connectivity index (χ2n) is 4.05. The van der Waals surface area contributed by atoms with Crippen LogP contribution in [-0.4, -0.2) is 24.3 Å². The van der Waals surface area contributed by atoms with Crippen molar-refractivity contribution in [1.29, 1.82) is 0 Å². The fourth-order valence-corrected chi connectivity index (χ4v) is 2.72. The third-order valence-corrected chi connectivity index (χ3v) is 4.28. The zero-order valence-corrected chi connectivity index (χ0v) is 13.2. The minimum absolute atomic E-state index is 0.315. The summed E-state index contributed by atoms with van der Waals surface area (Å²) in [4.78, 5) is 16.5. The predicted molar refractivity (Wildman–Crippen MR) is 85.7 cm³/mol. The summed E-state index contributed by atoms with van der Waals surface area (Å²) in [6, 6.07) is 4.20. The number of hydrogen-bond acceptors (Lipinski definition) is 5.